The quantitative estimate of drug-likeness (QED) is 0.424. The van der Waals surface area contributed by atoms with Gasteiger partial charge in [0.25, 0.3) is 11.6 Å². The number of aromatic nitrogens is 2. The highest BCUT2D eigenvalue weighted by molar-refractivity contribution is 5.94. The summed E-state index contributed by atoms with van der Waals surface area (Å²) in [4.78, 5) is 22.5. The smallest absolute Gasteiger partial charge is 0.272 e. The summed E-state index contributed by atoms with van der Waals surface area (Å²) in [6, 6.07) is 17.1. The lowest BCUT2D eigenvalue weighted by Crippen LogP contribution is -2.18. The first-order valence-corrected chi connectivity index (χ1v) is 7.33. The minimum Gasteiger partial charge on any atom is -0.272 e. The number of para-hydroxylation sites is 1. The van der Waals surface area contributed by atoms with Crippen molar-refractivity contribution in [2.75, 3.05) is 0 Å². The molecule has 3 aromatic rings. The summed E-state index contributed by atoms with van der Waals surface area (Å²) in [5.41, 5.74) is 4.26. The molecule has 8 nitrogen and oxygen atoms in total. The highest BCUT2D eigenvalue weighted by Gasteiger charge is 2.12. The number of nitrogens with zero attached hydrogens (tertiary/aromatic N) is 3. The second kappa shape index (κ2) is 7.18. The van der Waals surface area contributed by atoms with E-state index >= 15 is 0 Å². The van der Waals surface area contributed by atoms with E-state index < -0.39 is 10.8 Å². The minimum absolute atomic E-state index is 0.0894. The predicted octanol–water partition coefficient (Wildman–Crippen LogP) is 2.75. The molecule has 0 aliphatic carbocycles. The number of nitro groups is 1. The van der Waals surface area contributed by atoms with E-state index in [2.05, 4.69) is 20.7 Å². The third kappa shape index (κ3) is 3.75. The van der Waals surface area contributed by atoms with Crippen LogP contribution < -0.4 is 5.43 Å². The standard InChI is InChI=1S/C17H13N5O3/c23-17(15-10-14(19-20-15)12-6-2-1-3-7-12)21-18-11-13-8-4-5-9-16(13)22(24)25/h1-11H,(H,19,20)(H,21,23)/b18-11-. The predicted molar refractivity (Wildman–Crippen MR) is 92.2 cm³/mol. The van der Waals surface area contributed by atoms with Gasteiger partial charge in [-0.05, 0) is 12.1 Å². The van der Waals surface area contributed by atoms with Crippen LogP contribution in [0, 0.1) is 10.1 Å². The average molecular weight is 335 g/mol. The van der Waals surface area contributed by atoms with Gasteiger partial charge in [-0.15, -0.1) is 0 Å². The van der Waals surface area contributed by atoms with Crippen LogP contribution in [-0.4, -0.2) is 27.2 Å². The molecule has 1 amide bonds. The Labute approximate surface area is 142 Å². The van der Waals surface area contributed by atoms with Gasteiger partial charge in [0.05, 0.1) is 22.4 Å². The number of H-pyrrole nitrogens is 1. The Hall–Kier alpha value is -3.81. The third-order valence-electron chi connectivity index (χ3n) is 3.40. The van der Waals surface area contributed by atoms with Gasteiger partial charge < -0.3 is 0 Å². The molecule has 124 valence electrons. The van der Waals surface area contributed by atoms with Crippen molar-refractivity contribution < 1.29 is 9.72 Å². The van der Waals surface area contributed by atoms with E-state index in [0.29, 0.717) is 11.3 Å². The normalized spacial score (nSPS) is 10.7. The summed E-state index contributed by atoms with van der Waals surface area (Å²) < 4.78 is 0. The maximum absolute atomic E-state index is 12.1. The van der Waals surface area contributed by atoms with Gasteiger partial charge in [0.1, 0.15) is 5.69 Å². The molecule has 0 aliphatic rings. The van der Waals surface area contributed by atoms with Gasteiger partial charge in [-0.1, -0.05) is 42.5 Å². The molecule has 25 heavy (non-hydrogen) atoms. The fraction of sp³-hybridized carbons (Fsp3) is 0. The topological polar surface area (TPSA) is 113 Å². The molecule has 0 atom stereocenters. The second-order valence-electron chi connectivity index (χ2n) is 5.05. The molecule has 0 aliphatic heterocycles. The van der Waals surface area contributed by atoms with E-state index in [9.17, 15) is 14.9 Å². The van der Waals surface area contributed by atoms with Gasteiger partial charge >= 0.3 is 0 Å². The van der Waals surface area contributed by atoms with E-state index in [1.54, 1.807) is 18.2 Å². The number of nitro benzene ring substituents is 1. The maximum Gasteiger partial charge on any atom is 0.289 e. The molecule has 2 N–H and O–H groups in total. The molecule has 0 saturated carbocycles. The fourth-order valence-electron chi connectivity index (χ4n) is 2.18. The lowest BCUT2D eigenvalue weighted by atomic mass is 10.1. The van der Waals surface area contributed by atoms with Crippen LogP contribution in [0.3, 0.4) is 0 Å². The molecule has 3 rings (SSSR count). The maximum atomic E-state index is 12.1. The highest BCUT2D eigenvalue weighted by Crippen LogP contribution is 2.17. The Morgan fingerprint density at radius 2 is 1.88 bits per heavy atom. The van der Waals surface area contributed by atoms with Crippen LogP contribution in [0.4, 0.5) is 5.69 Å². The summed E-state index contributed by atoms with van der Waals surface area (Å²) in [6.07, 6.45) is 1.23. The van der Waals surface area contributed by atoms with Gasteiger partial charge in [0.2, 0.25) is 0 Å². The fourth-order valence-corrected chi connectivity index (χ4v) is 2.18. The Morgan fingerprint density at radius 1 is 1.16 bits per heavy atom. The van der Waals surface area contributed by atoms with Crippen LogP contribution >= 0.6 is 0 Å². The number of aromatic amines is 1. The number of hydrogen-bond acceptors (Lipinski definition) is 5. The van der Waals surface area contributed by atoms with E-state index in [0.717, 1.165) is 5.56 Å². The van der Waals surface area contributed by atoms with Gasteiger partial charge in [-0.25, -0.2) is 5.43 Å². The number of amides is 1. The van der Waals surface area contributed by atoms with Crippen LogP contribution in [-0.2, 0) is 0 Å². The summed E-state index contributed by atoms with van der Waals surface area (Å²) in [5.74, 6) is -0.496. The number of benzene rings is 2. The van der Waals surface area contributed by atoms with Crippen molar-refractivity contribution in [3.05, 3.63) is 82.0 Å². The van der Waals surface area contributed by atoms with E-state index in [1.165, 1.54) is 18.3 Å². The van der Waals surface area contributed by atoms with Gasteiger partial charge in [-0.2, -0.15) is 10.2 Å². The monoisotopic (exact) mass is 335 g/mol. The van der Waals surface area contributed by atoms with Crippen molar-refractivity contribution >= 4 is 17.8 Å². The molecular formula is C17H13N5O3. The Balaban J connectivity index is 1.70. The molecule has 2 aromatic carbocycles. The van der Waals surface area contributed by atoms with Crippen molar-refractivity contribution in [2.45, 2.75) is 0 Å². The van der Waals surface area contributed by atoms with Crippen molar-refractivity contribution in [1.82, 2.24) is 15.6 Å². The van der Waals surface area contributed by atoms with E-state index in [4.69, 9.17) is 0 Å². The number of carbonyl (C=O) groups excluding carboxylic acids is 1. The number of rotatable bonds is 5. The van der Waals surface area contributed by atoms with Crippen molar-refractivity contribution in [3.63, 3.8) is 0 Å². The molecule has 0 bridgehead atoms. The number of nitrogens with one attached hydrogen (secondary N) is 2. The number of carbonyl (C=O) groups is 1. The Bertz CT molecular complexity index is 934. The first kappa shape index (κ1) is 16.1. The van der Waals surface area contributed by atoms with E-state index in [1.807, 2.05) is 30.3 Å². The molecule has 0 radical (unpaired) electrons. The van der Waals surface area contributed by atoms with Crippen LogP contribution in [0.1, 0.15) is 16.1 Å². The van der Waals surface area contributed by atoms with Crippen molar-refractivity contribution in [2.24, 2.45) is 5.10 Å². The van der Waals surface area contributed by atoms with Gasteiger partial charge in [-0.3, -0.25) is 20.0 Å². The first-order chi connectivity index (χ1) is 12.1. The zero-order valence-electron chi connectivity index (χ0n) is 12.9. The highest BCUT2D eigenvalue weighted by atomic mass is 16.6. The van der Waals surface area contributed by atoms with Crippen LogP contribution in [0.2, 0.25) is 0 Å². The largest absolute Gasteiger partial charge is 0.289 e. The lowest BCUT2D eigenvalue weighted by molar-refractivity contribution is -0.385. The summed E-state index contributed by atoms with van der Waals surface area (Å²) in [7, 11) is 0. The van der Waals surface area contributed by atoms with Crippen LogP contribution in [0.15, 0.2) is 65.8 Å². The Kier molecular flexibility index (Phi) is 4.61. The molecule has 0 fully saturated rings. The average Bonchev–Trinajstić information content (AvgIpc) is 3.13. The number of hydrogen-bond donors (Lipinski definition) is 2. The third-order valence-corrected chi connectivity index (χ3v) is 3.40. The first-order valence-electron chi connectivity index (χ1n) is 7.33. The van der Waals surface area contributed by atoms with Gasteiger partial charge in [0.15, 0.2) is 0 Å². The molecule has 0 spiro atoms. The van der Waals surface area contributed by atoms with Gasteiger partial charge in [0, 0.05) is 11.6 Å². The lowest BCUT2D eigenvalue weighted by Gasteiger charge is -1.97. The molecule has 8 heteroatoms. The summed E-state index contributed by atoms with van der Waals surface area (Å²) in [5, 5.41) is 21.4. The second-order valence-corrected chi connectivity index (χ2v) is 5.05. The SMILES string of the molecule is O=C(N/N=C\c1ccccc1[N+](=O)[O-])c1cc(-c2ccccc2)n[nH]1. The molecule has 1 heterocycles. The summed E-state index contributed by atoms with van der Waals surface area (Å²) in [6.45, 7) is 0. The zero-order valence-corrected chi connectivity index (χ0v) is 12.9. The van der Waals surface area contributed by atoms with Crippen molar-refractivity contribution in [3.8, 4) is 11.3 Å². The number of hydrazone groups is 1. The van der Waals surface area contributed by atoms with Crippen LogP contribution in [0.25, 0.3) is 11.3 Å². The molecule has 1 aromatic heterocycles. The molecule has 0 unspecified atom stereocenters. The van der Waals surface area contributed by atoms with Crippen LogP contribution in [0.5, 0.6) is 0 Å². The molecule has 0 saturated heterocycles. The zero-order chi connectivity index (χ0) is 17.6. The summed E-state index contributed by atoms with van der Waals surface area (Å²) >= 11 is 0. The minimum atomic E-state index is -0.510. The van der Waals surface area contributed by atoms with E-state index in [-0.39, 0.29) is 11.4 Å². The molecular weight excluding hydrogens is 322 g/mol. The Morgan fingerprint density at radius 3 is 2.64 bits per heavy atom. The van der Waals surface area contributed by atoms with Crippen molar-refractivity contribution in [1.29, 1.82) is 0 Å².